The maximum absolute atomic E-state index is 9.28. The molecule has 18 heavy (non-hydrogen) atoms. The molecule has 2 aromatic carbocycles. The summed E-state index contributed by atoms with van der Waals surface area (Å²) in [7, 11) is 0. The Morgan fingerprint density at radius 3 is 2.56 bits per heavy atom. The fraction of sp³-hybridized carbons (Fsp3) is 0.0714. The fourth-order valence-corrected chi connectivity index (χ4v) is 1.60. The lowest BCUT2D eigenvalue weighted by Crippen LogP contribution is -1.90. The number of benzene rings is 2. The first-order valence-corrected chi connectivity index (χ1v) is 5.87. The van der Waals surface area contributed by atoms with Crippen molar-refractivity contribution < 1.29 is 5.11 Å². The number of phenolic OH excluding ortho intramolecular Hbond substituents is 1. The predicted molar refractivity (Wildman–Crippen MR) is 75.5 cm³/mol. The average Bonchev–Trinajstić information content (AvgIpc) is 2.36. The number of rotatable bonds is 3. The van der Waals surface area contributed by atoms with E-state index in [1.165, 1.54) is 11.6 Å². The Kier molecular flexibility index (Phi) is 3.85. The van der Waals surface area contributed by atoms with Gasteiger partial charge in [0.2, 0.25) is 0 Å². The van der Waals surface area contributed by atoms with Crippen LogP contribution in [0, 0.1) is 6.92 Å². The molecular formula is C14H13ClN2O. The van der Waals surface area contributed by atoms with Crippen LogP contribution in [0.4, 0.5) is 5.69 Å². The lowest BCUT2D eigenvalue weighted by molar-refractivity contribution is 0.475. The van der Waals surface area contributed by atoms with E-state index in [0.717, 1.165) is 11.3 Å². The second kappa shape index (κ2) is 5.56. The van der Waals surface area contributed by atoms with Crippen molar-refractivity contribution in [2.24, 2.45) is 5.10 Å². The third kappa shape index (κ3) is 3.25. The standard InChI is InChI=1S/C14H13ClN2O/c1-10-2-5-12(6-3-10)17-16-9-11-4-7-14(18)13(15)8-11/h2-9,17-18H,1H3. The average molecular weight is 261 g/mol. The van der Waals surface area contributed by atoms with Crippen LogP contribution in [-0.2, 0) is 0 Å². The SMILES string of the molecule is Cc1ccc(NN=Cc2ccc(O)c(Cl)c2)cc1. The first-order chi connectivity index (χ1) is 8.65. The summed E-state index contributed by atoms with van der Waals surface area (Å²) in [6.45, 7) is 2.03. The van der Waals surface area contributed by atoms with Crippen molar-refractivity contribution in [2.75, 3.05) is 5.43 Å². The van der Waals surface area contributed by atoms with Crippen LogP contribution in [0.15, 0.2) is 47.6 Å². The number of phenols is 1. The molecule has 0 saturated heterocycles. The number of nitrogens with zero attached hydrogens (tertiary/aromatic N) is 1. The van der Waals surface area contributed by atoms with Crippen LogP contribution in [0.2, 0.25) is 5.02 Å². The van der Waals surface area contributed by atoms with Gasteiger partial charge in [-0.05, 0) is 42.8 Å². The van der Waals surface area contributed by atoms with E-state index in [2.05, 4.69) is 10.5 Å². The van der Waals surface area contributed by atoms with Crippen LogP contribution < -0.4 is 5.43 Å². The molecule has 2 rings (SSSR count). The molecule has 0 fully saturated rings. The van der Waals surface area contributed by atoms with E-state index in [1.807, 2.05) is 31.2 Å². The van der Waals surface area contributed by atoms with Gasteiger partial charge in [0.15, 0.2) is 0 Å². The molecule has 2 N–H and O–H groups in total. The van der Waals surface area contributed by atoms with Gasteiger partial charge in [-0.25, -0.2) is 0 Å². The molecule has 0 radical (unpaired) electrons. The normalized spacial score (nSPS) is 10.8. The highest BCUT2D eigenvalue weighted by atomic mass is 35.5. The van der Waals surface area contributed by atoms with Crippen molar-refractivity contribution in [3.8, 4) is 5.75 Å². The molecule has 0 aromatic heterocycles. The van der Waals surface area contributed by atoms with Crippen LogP contribution >= 0.6 is 11.6 Å². The summed E-state index contributed by atoms with van der Waals surface area (Å²) in [6, 6.07) is 12.9. The molecule has 0 saturated carbocycles. The topological polar surface area (TPSA) is 44.6 Å². The van der Waals surface area contributed by atoms with E-state index in [-0.39, 0.29) is 5.75 Å². The summed E-state index contributed by atoms with van der Waals surface area (Å²) < 4.78 is 0. The van der Waals surface area contributed by atoms with Gasteiger partial charge in [-0.3, -0.25) is 5.43 Å². The van der Waals surface area contributed by atoms with Gasteiger partial charge in [-0.15, -0.1) is 0 Å². The molecule has 0 bridgehead atoms. The number of hydrogen-bond donors (Lipinski definition) is 2. The lowest BCUT2D eigenvalue weighted by Gasteiger charge is -2.01. The molecule has 3 nitrogen and oxygen atoms in total. The number of hydrazone groups is 1. The molecule has 0 heterocycles. The van der Waals surface area contributed by atoms with E-state index in [0.29, 0.717) is 5.02 Å². The van der Waals surface area contributed by atoms with Crippen molar-refractivity contribution >= 4 is 23.5 Å². The van der Waals surface area contributed by atoms with E-state index in [1.54, 1.807) is 18.3 Å². The number of anilines is 1. The smallest absolute Gasteiger partial charge is 0.134 e. The summed E-state index contributed by atoms with van der Waals surface area (Å²) in [5, 5.41) is 13.7. The molecule has 0 aliphatic heterocycles. The van der Waals surface area contributed by atoms with Crippen LogP contribution in [0.25, 0.3) is 0 Å². The molecule has 0 aliphatic rings. The lowest BCUT2D eigenvalue weighted by atomic mass is 10.2. The highest BCUT2D eigenvalue weighted by Gasteiger charge is 1.97. The second-order valence-corrected chi connectivity index (χ2v) is 4.35. The second-order valence-electron chi connectivity index (χ2n) is 3.95. The summed E-state index contributed by atoms with van der Waals surface area (Å²) in [5.74, 6) is 0.0697. The Labute approximate surface area is 111 Å². The van der Waals surface area contributed by atoms with Gasteiger partial charge in [0, 0.05) is 0 Å². The Balaban J connectivity index is 2.02. The van der Waals surface area contributed by atoms with Crippen molar-refractivity contribution in [3.05, 3.63) is 58.6 Å². The number of nitrogens with one attached hydrogen (secondary N) is 1. The van der Waals surface area contributed by atoms with E-state index in [4.69, 9.17) is 11.6 Å². The first kappa shape index (κ1) is 12.5. The molecule has 0 amide bonds. The highest BCUT2D eigenvalue weighted by molar-refractivity contribution is 6.32. The summed E-state index contributed by atoms with van der Waals surface area (Å²) >= 11 is 5.80. The van der Waals surface area contributed by atoms with Crippen molar-refractivity contribution in [2.45, 2.75) is 6.92 Å². The van der Waals surface area contributed by atoms with Crippen molar-refractivity contribution in [1.29, 1.82) is 0 Å². The zero-order valence-electron chi connectivity index (χ0n) is 9.89. The Morgan fingerprint density at radius 1 is 1.17 bits per heavy atom. The maximum Gasteiger partial charge on any atom is 0.134 e. The van der Waals surface area contributed by atoms with Crippen LogP contribution in [0.5, 0.6) is 5.75 Å². The zero-order valence-corrected chi connectivity index (χ0v) is 10.6. The summed E-state index contributed by atoms with van der Waals surface area (Å²) in [5.41, 5.74) is 5.86. The number of aryl methyl sites for hydroxylation is 1. The van der Waals surface area contributed by atoms with Crippen LogP contribution in [-0.4, -0.2) is 11.3 Å². The van der Waals surface area contributed by atoms with Crippen molar-refractivity contribution in [1.82, 2.24) is 0 Å². The number of aromatic hydroxyl groups is 1. The van der Waals surface area contributed by atoms with Gasteiger partial charge in [0.25, 0.3) is 0 Å². The van der Waals surface area contributed by atoms with Gasteiger partial charge < -0.3 is 5.11 Å². The van der Waals surface area contributed by atoms with E-state index < -0.39 is 0 Å². The van der Waals surface area contributed by atoms with Gasteiger partial charge in [0.05, 0.1) is 16.9 Å². The molecule has 0 atom stereocenters. The van der Waals surface area contributed by atoms with Crippen LogP contribution in [0.3, 0.4) is 0 Å². The first-order valence-electron chi connectivity index (χ1n) is 5.49. The summed E-state index contributed by atoms with van der Waals surface area (Å²) in [4.78, 5) is 0. The maximum atomic E-state index is 9.28. The number of hydrogen-bond acceptors (Lipinski definition) is 3. The predicted octanol–water partition coefficient (Wildman–Crippen LogP) is 3.80. The molecule has 0 spiro atoms. The minimum atomic E-state index is 0.0697. The largest absolute Gasteiger partial charge is 0.506 e. The Bertz CT molecular complexity index is 565. The van der Waals surface area contributed by atoms with Crippen LogP contribution in [0.1, 0.15) is 11.1 Å². The summed E-state index contributed by atoms with van der Waals surface area (Å²) in [6.07, 6.45) is 1.64. The Morgan fingerprint density at radius 2 is 1.89 bits per heavy atom. The van der Waals surface area contributed by atoms with Gasteiger partial charge in [-0.1, -0.05) is 29.3 Å². The molecule has 4 heteroatoms. The van der Waals surface area contributed by atoms with Gasteiger partial charge >= 0.3 is 0 Å². The number of halogens is 1. The third-order valence-electron chi connectivity index (χ3n) is 2.43. The van der Waals surface area contributed by atoms with Gasteiger partial charge in [-0.2, -0.15) is 5.10 Å². The minimum absolute atomic E-state index is 0.0697. The van der Waals surface area contributed by atoms with E-state index in [9.17, 15) is 5.11 Å². The van der Waals surface area contributed by atoms with Gasteiger partial charge in [0.1, 0.15) is 5.75 Å². The fourth-order valence-electron chi connectivity index (χ4n) is 1.41. The highest BCUT2D eigenvalue weighted by Crippen LogP contribution is 2.22. The van der Waals surface area contributed by atoms with Crippen molar-refractivity contribution in [3.63, 3.8) is 0 Å². The third-order valence-corrected chi connectivity index (χ3v) is 2.73. The monoisotopic (exact) mass is 260 g/mol. The molecule has 0 aliphatic carbocycles. The molecular weight excluding hydrogens is 248 g/mol. The molecule has 92 valence electrons. The Hall–Kier alpha value is -2.00. The van der Waals surface area contributed by atoms with E-state index >= 15 is 0 Å². The quantitative estimate of drug-likeness (QED) is 0.651. The molecule has 2 aromatic rings. The zero-order chi connectivity index (χ0) is 13.0. The minimum Gasteiger partial charge on any atom is -0.506 e. The molecule has 0 unspecified atom stereocenters.